The van der Waals surface area contributed by atoms with E-state index in [0.29, 0.717) is 25.9 Å². The summed E-state index contributed by atoms with van der Waals surface area (Å²) in [6.07, 6.45) is 1.46. The molecule has 1 fully saturated rings. The Morgan fingerprint density at radius 3 is 2.90 bits per heavy atom. The van der Waals surface area contributed by atoms with E-state index < -0.39 is 0 Å². The van der Waals surface area contributed by atoms with E-state index in [0.717, 1.165) is 17.1 Å². The number of thiazole rings is 1. The highest BCUT2D eigenvalue weighted by Crippen LogP contribution is 2.17. The van der Waals surface area contributed by atoms with E-state index in [4.69, 9.17) is 0 Å². The number of benzene rings is 1. The van der Waals surface area contributed by atoms with Crippen molar-refractivity contribution in [1.29, 1.82) is 0 Å². The number of rotatable bonds is 4. The summed E-state index contributed by atoms with van der Waals surface area (Å²) >= 11 is 1.60. The minimum Gasteiger partial charge on any atom is -0.391 e. The maximum atomic E-state index is 12.1. The summed E-state index contributed by atoms with van der Waals surface area (Å²) in [5.41, 5.74) is 2.06. The summed E-state index contributed by atoms with van der Waals surface area (Å²) in [6, 6.07) is 10.2. The van der Waals surface area contributed by atoms with Crippen molar-refractivity contribution in [3.05, 3.63) is 52.0 Å². The number of aliphatic hydroxyl groups is 1. The number of likely N-dealkylation sites (tertiary alicyclic amines) is 1. The predicted octanol–water partition coefficient (Wildman–Crippen LogP) is 1.87. The average Bonchev–Trinajstić information content (AvgIpc) is 3.09. The first kappa shape index (κ1) is 14.2. The number of carbonyl (C=O) groups excluding carboxylic acids is 1. The number of β-amino-alcohol motifs (C(OH)–C–C–N with tert-alkyl or cyclic N) is 1. The molecule has 0 bridgehead atoms. The van der Waals surface area contributed by atoms with Crippen LogP contribution in [0.25, 0.3) is 0 Å². The summed E-state index contributed by atoms with van der Waals surface area (Å²) < 4.78 is 0. The van der Waals surface area contributed by atoms with Gasteiger partial charge in [0, 0.05) is 24.9 Å². The summed E-state index contributed by atoms with van der Waals surface area (Å²) in [6.45, 7) is 1.11. The Kier molecular flexibility index (Phi) is 4.31. The van der Waals surface area contributed by atoms with E-state index in [1.165, 1.54) is 5.56 Å². The number of nitrogens with zero attached hydrogens (tertiary/aromatic N) is 2. The topological polar surface area (TPSA) is 53.4 Å². The third-order valence-electron chi connectivity index (χ3n) is 3.65. The molecule has 0 radical (unpaired) electrons. The molecule has 1 aromatic carbocycles. The summed E-state index contributed by atoms with van der Waals surface area (Å²) in [7, 11) is 0. The molecule has 2 heterocycles. The molecular formula is C16H18N2O2S. The Morgan fingerprint density at radius 2 is 2.19 bits per heavy atom. The lowest BCUT2D eigenvalue weighted by atomic mass is 10.2. The minimum absolute atomic E-state index is 0.0584. The highest BCUT2D eigenvalue weighted by atomic mass is 32.1. The molecule has 1 N–H and O–H groups in total. The Labute approximate surface area is 128 Å². The Balaban J connectivity index is 1.59. The molecule has 110 valence electrons. The second kappa shape index (κ2) is 6.37. The molecule has 1 saturated heterocycles. The molecule has 0 aliphatic carbocycles. The van der Waals surface area contributed by atoms with Gasteiger partial charge in [0.1, 0.15) is 0 Å². The maximum absolute atomic E-state index is 12.1. The van der Waals surface area contributed by atoms with Crippen LogP contribution >= 0.6 is 11.3 Å². The van der Waals surface area contributed by atoms with Crippen molar-refractivity contribution in [2.24, 2.45) is 0 Å². The van der Waals surface area contributed by atoms with Gasteiger partial charge in [-0.2, -0.15) is 0 Å². The number of amides is 1. The van der Waals surface area contributed by atoms with Gasteiger partial charge in [-0.15, -0.1) is 11.3 Å². The van der Waals surface area contributed by atoms with Crippen molar-refractivity contribution in [2.45, 2.75) is 25.4 Å². The van der Waals surface area contributed by atoms with Gasteiger partial charge >= 0.3 is 0 Å². The number of aromatic nitrogens is 1. The van der Waals surface area contributed by atoms with Gasteiger partial charge in [-0.3, -0.25) is 4.79 Å². The molecule has 1 aliphatic heterocycles. The van der Waals surface area contributed by atoms with E-state index in [1.54, 1.807) is 16.2 Å². The lowest BCUT2D eigenvalue weighted by molar-refractivity contribution is -0.129. The van der Waals surface area contributed by atoms with Crippen molar-refractivity contribution in [1.82, 2.24) is 9.88 Å². The monoisotopic (exact) mass is 302 g/mol. The molecule has 1 amide bonds. The molecule has 1 aromatic heterocycles. The zero-order chi connectivity index (χ0) is 14.7. The van der Waals surface area contributed by atoms with Crippen LogP contribution in [0.3, 0.4) is 0 Å². The smallest absolute Gasteiger partial charge is 0.228 e. The van der Waals surface area contributed by atoms with Crippen LogP contribution in [0.15, 0.2) is 35.7 Å². The van der Waals surface area contributed by atoms with Crippen molar-refractivity contribution in [3.63, 3.8) is 0 Å². The van der Waals surface area contributed by atoms with Crippen molar-refractivity contribution >= 4 is 17.2 Å². The zero-order valence-electron chi connectivity index (χ0n) is 11.7. The second-order valence-corrected chi connectivity index (χ2v) is 6.30. The Hall–Kier alpha value is -1.72. The first-order valence-corrected chi connectivity index (χ1v) is 8.02. The molecule has 21 heavy (non-hydrogen) atoms. The van der Waals surface area contributed by atoms with E-state index in [1.807, 2.05) is 23.6 Å². The largest absolute Gasteiger partial charge is 0.391 e. The van der Waals surface area contributed by atoms with Crippen molar-refractivity contribution in [2.75, 3.05) is 13.1 Å². The summed E-state index contributed by atoms with van der Waals surface area (Å²) in [5.74, 6) is 0.0584. The SMILES string of the molecule is O=C(Cc1csc(Cc2ccccc2)n1)N1CC[C@@H](O)C1. The maximum Gasteiger partial charge on any atom is 0.228 e. The van der Waals surface area contributed by atoms with Gasteiger partial charge in [-0.1, -0.05) is 30.3 Å². The van der Waals surface area contributed by atoms with Crippen LogP contribution in [-0.4, -0.2) is 40.1 Å². The van der Waals surface area contributed by atoms with Gasteiger partial charge in [0.05, 0.1) is 23.2 Å². The highest BCUT2D eigenvalue weighted by molar-refractivity contribution is 7.09. The number of hydrogen-bond acceptors (Lipinski definition) is 4. The van der Waals surface area contributed by atoms with Gasteiger partial charge in [-0.25, -0.2) is 4.98 Å². The fourth-order valence-electron chi connectivity index (χ4n) is 2.52. The van der Waals surface area contributed by atoms with E-state index in [-0.39, 0.29) is 12.0 Å². The van der Waals surface area contributed by atoms with Gasteiger partial charge in [0.15, 0.2) is 0 Å². The Morgan fingerprint density at radius 1 is 1.38 bits per heavy atom. The highest BCUT2D eigenvalue weighted by Gasteiger charge is 2.24. The number of hydrogen-bond donors (Lipinski definition) is 1. The Bertz CT molecular complexity index is 612. The van der Waals surface area contributed by atoms with Crippen molar-refractivity contribution < 1.29 is 9.90 Å². The average molecular weight is 302 g/mol. The van der Waals surface area contributed by atoms with Gasteiger partial charge in [-0.05, 0) is 12.0 Å². The van der Waals surface area contributed by atoms with Gasteiger partial charge in [0.25, 0.3) is 0 Å². The number of carbonyl (C=O) groups is 1. The fourth-order valence-corrected chi connectivity index (χ4v) is 3.34. The molecule has 5 heteroatoms. The molecule has 1 atom stereocenters. The molecule has 3 rings (SSSR count). The third-order valence-corrected chi connectivity index (χ3v) is 4.54. The summed E-state index contributed by atoms with van der Waals surface area (Å²) in [4.78, 5) is 18.4. The normalized spacial score (nSPS) is 18.1. The van der Waals surface area contributed by atoms with Gasteiger partial charge < -0.3 is 10.0 Å². The number of aliphatic hydroxyl groups excluding tert-OH is 1. The van der Waals surface area contributed by atoms with Crippen LogP contribution < -0.4 is 0 Å². The quantitative estimate of drug-likeness (QED) is 0.938. The minimum atomic E-state index is -0.363. The zero-order valence-corrected chi connectivity index (χ0v) is 12.6. The van der Waals surface area contributed by atoms with Crippen LogP contribution in [-0.2, 0) is 17.6 Å². The standard InChI is InChI=1S/C16H18N2O2S/c19-14-6-7-18(10-14)16(20)9-13-11-21-15(17-13)8-12-4-2-1-3-5-12/h1-5,11,14,19H,6-10H2/t14-/m1/s1. The molecule has 0 spiro atoms. The molecule has 4 nitrogen and oxygen atoms in total. The third kappa shape index (κ3) is 3.68. The van der Waals surface area contributed by atoms with Crippen LogP contribution in [0, 0.1) is 0 Å². The molecule has 0 unspecified atom stereocenters. The second-order valence-electron chi connectivity index (χ2n) is 5.35. The lowest BCUT2D eigenvalue weighted by Gasteiger charge is -2.14. The van der Waals surface area contributed by atoms with E-state index in [9.17, 15) is 9.90 Å². The van der Waals surface area contributed by atoms with Crippen molar-refractivity contribution in [3.8, 4) is 0 Å². The molecule has 2 aromatic rings. The summed E-state index contributed by atoms with van der Waals surface area (Å²) in [5, 5.41) is 12.5. The fraction of sp³-hybridized carbons (Fsp3) is 0.375. The van der Waals surface area contributed by atoms with E-state index in [2.05, 4.69) is 17.1 Å². The molecular weight excluding hydrogens is 284 g/mol. The first-order valence-electron chi connectivity index (χ1n) is 7.14. The first-order chi connectivity index (χ1) is 10.2. The van der Waals surface area contributed by atoms with Crippen LogP contribution in [0.4, 0.5) is 0 Å². The van der Waals surface area contributed by atoms with E-state index >= 15 is 0 Å². The molecule has 0 saturated carbocycles. The van der Waals surface area contributed by atoms with Gasteiger partial charge in [0.2, 0.25) is 5.91 Å². The lowest BCUT2D eigenvalue weighted by Crippen LogP contribution is -2.30. The van der Waals surface area contributed by atoms with Crippen LogP contribution in [0.1, 0.15) is 22.7 Å². The van der Waals surface area contributed by atoms with Crippen LogP contribution in [0.2, 0.25) is 0 Å². The van der Waals surface area contributed by atoms with Crippen LogP contribution in [0.5, 0.6) is 0 Å². The predicted molar refractivity (Wildman–Crippen MR) is 82.3 cm³/mol. The molecule has 1 aliphatic rings.